The third-order valence-electron chi connectivity index (χ3n) is 2.15. The Labute approximate surface area is 95.3 Å². The van der Waals surface area contributed by atoms with Gasteiger partial charge in [-0.2, -0.15) is 0 Å². The fourth-order valence-corrected chi connectivity index (χ4v) is 1.22. The molecule has 0 amide bonds. The lowest BCUT2D eigenvalue weighted by molar-refractivity contribution is 0.0685. The van der Waals surface area contributed by atoms with Gasteiger partial charge in [-0.25, -0.2) is 9.78 Å². The number of aromatic nitrogens is 1. The van der Waals surface area contributed by atoms with Gasteiger partial charge >= 0.3 is 5.97 Å². The molecule has 4 nitrogen and oxygen atoms in total. The van der Waals surface area contributed by atoms with Gasteiger partial charge in [0.15, 0.2) is 11.4 Å². The standard InChI is InChI=1S/C12H17NO3/c1-8(2)6-7-16-10-5-4-9(3)13-11(10)12(14)15/h4-5,8H,6-7H2,1-3H3,(H,14,15). The van der Waals surface area contributed by atoms with Gasteiger partial charge in [-0.1, -0.05) is 13.8 Å². The van der Waals surface area contributed by atoms with Crippen LogP contribution in [0.5, 0.6) is 5.75 Å². The molecule has 0 spiro atoms. The van der Waals surface area contributed by atoms with Crippen molar-refractivity contribution in [2.75, 3.05) is 6.61 Å². The van der Waals surface area contributed by atoms with E-state index in [9.17, 15) is 4.79 Å². The molecule has 1 aromatic heterocycles. The molecule has 1 heterocycles. The number of aryl methyl sites for hydroxylation is 1. The number of rotatable bonds is 5. The van der Waals surface area contributed by atoms with E-state index in [1.54, 1.807) is 19.1 Å². The Bertz CT molecular complexity index is 375. The lowest BCUT2D eigenvalue weighted by Gasteiger charge is -2.10. The number of pyridine rings is 1. The zero-order valence-corrected chi connectivity index (χ0v) is 9.86. The van der Waals surface area contributed by atoms with E-state index in [-0.39, 0.29) is 5.69 Å². The van der Waals surface area contributed by atoms with E-state index in [0.29, 0.717) is 24.0 Å². The van der Waals surface area contributed by atoms with Gasteiger partial charge in [0.05, 0.1) is 6.61 Å². The maximum absolute atomic E-state index is 10.9. The molecule has 0 radical (unpaired) electrons. The highest BCUT2D eigenvalue weighted by atomic mass is 16.5. The van der Waals surface area contributed by atoms with Gasteiger partial charge in [-0.3, -0.25) is 0 Å². The predicted octanol–water partition coefficient (Wildman–Crippen LogP) is 2.51. The molecule has 0 saturated carbocycles. The smallest absolute Gasteiger partial charge is 0.358 e. The molecule has 0 aliphatic heterocycles. The van der Waals surface area contributed by atoms with Crippen LogP contribution in [0.1, 0.15) is 36.5 Å². The monoisotopic (exact) mass is 223 g/mol. The lowest BCUT2D eigenvalue weighted by atomic mass is 10.1. The molecular weight excluding hydrogens is 206 g/mol. The SMILES string of the molecule is Cc1ccc(OCCC(C)C)c(C(=O)O)n1. The first-order valence-electron chi connectivity index (χ1n) is 5.34. The topological polar surface area (TPSA) is 59.4 Å². The van der Waals surface area contributed by atoms with Gasteiger partial charge in [0.1, 0.15) is 0 Å². The number of carboxylic acid groups (broad SMARTS) is 1. The fraction of sp³-hybridized carbons (Fsp3) is 0.500. The van der Waals surface area contributed by atoms with Crippen molar-refractivity contribution in [2.24, 2.45) is 5.92 Å². The van der Waals surface area contributed by atoms with Crippen LogP contribution in [-0.2, 0) is 0 Å². The minimum Gasteiger partial charge on any atom is -0.491 e. The summed E-state index contributed by atoms with van der Waals surface area (Å²) in [6.45, 7) is 6.46. The van der Waals surface area contributed by atoms with Crippen molar-refractivity contribution in [3.8, 4) is 5.75 Å². The average molecular weight is 223 g/mol. The first kappa shape index (κ1) is 12.5. The molecule has 0 aliphatic carbocycles. The second-order valence-electron chi connectivity index (χ2n) is 4.14. The zero-order valence-electron chi connectivity index (χ0n) is 9.86. The second kappa shape index (κ2) is 5.49. The molecule has 1 rings (SSSR count). The van der Waals surface area contributed by atoms with Crippen molar-refractivity contribution in [2.45, 2.75) is 27.2 Å². The summed E-state index contributed by atoms with van der Waals surface area (Å²) in [7, 11) is 0. The van der Waals surface area contributed by atoms with Gasteiger partial charge in [0.25, 0.3) is 0 Å². The van der Waals surface area contributed by atoms with Gasteiger partial charge in [0, 0.05) is 5.69 Å². The number of carbonyl (C=O) groups is 1. The van der Waals surface area contributed by atoms with Gasteiger partial charge in [0.2, 0.25) is 0 Å². The van der Waals surface area contributed by atoms with Crippen LogP contribution >= 0.6 is 0 Å². The number of hydrogen-bond acceptors (Lipinski definition) is 3. The lowest BCUT2D eigenvalue weighted by Crippen LogP contribution is -2.08. The summed E-state index contributed by atoms with van der Waals surface area (Å²) in [4.78, 5) is 14.9. The molecule has 1 N–H and O–H groups in total. The molecule has 0 aliphatic rings. The van der Waals surface area contributed by atoms with Gasteiger partial charge < -0.3 is 9.84 Å². The Kier molecular flexibility index (Phi) is 4.28. The number of carboxylic acids is 1. The molecule has 0 unspecified atom stereocenters. The van der Waals surface area contributed by atoms with Crippen LogP contribution < -0.4 is 4.74 Å². The zero-order chi connectivity index (χ0) is 12.1. The Hall–Kier alpha value is -1.58. The maximum atomic E-state index is 10.9. The van der Waals surface area contributed by atoms with Crippen LogP contribution in [0.3, 0.4) is 0 Å². The van der Waals surface area contributed by atoms with Crippen LogP contribution in [0.25, 0.3) is 0 Å². The van der Waals surface area contributed by atoms with E-state index in [1.165, 1.54) is 0 Å². The highest BCUT2D eigenvalue weighted by molar-refractivity contribution is 5.88. The minimum absolute atomic E-state index is 0.0104. The molecule has 16 heavy (non-hydrogen) atoms. The maximum Gasteiger partial charge on any atom is 0.358 e. The highest BCUT2D eigenvalue weighted by Gasteiger charge is 2.13. The summed E-state index contributed by atoms with van der Waals surface area (Å²) in [6, 6.07) is 3.41. The van der Waals surface area contributed by atoms with E-state index in [0.717, 1.165) is 6.42 Å². The van der Waals surface area contributed by atoms with Crippen LogP contribution in [0.15, 0.2) is 12.1 Å². The fourth-order valence-electron chi connectivity index (χ4n) is 1.22. The molecule has 0 atom stereocenters. The van der Waals surface area contributed by atoms with Crippen LogP contribution in [0.4, 0.5) is 0 Å². The molecule has 0 saturated heterocycles. The average Bonchev–Trinajstić information content (AvgIpc) is 2.19. The van der Waals surface area contributed by atoms with Crippen molar-refractivity contribution in [3.05, 3.63) is 23.5 Å². The minimum atomic E-state index is -1.05. The Morgan fingerprint density at radius 3 is 2.75 bits per heavy atom. The van der Waals surface area contributed by atoms with Crippen LogP contribution in [0, 0.1) is 12.8 Å². The third-order valence-corrected chi connectivity index (χ3v) is 2.15. The van der Waals surface area contributed by atoms with E-state index < -0.39 is 5.97 Å². The molecule has 0 fully saturated rings. The summed E-state index contributed by atoms with van der Waals surface area (Å²) >= 11 is 0. The molecule has 4 heteroatoms. The number of aromatic carboxylic acids is 1. The summed E-state index contributed by atoms with van der Waals surface area (Å²) < 4.78 is 5.42. The van der Waals surface area contributed by atoms with Crippen LogP contribution in [0.2, 0.25) is 0 Å². The normalized spacial score (nSPS) is 10.5. The van der Waals surface area contributed by atoms with Crippen LogP contribution in [-0.4, -0.2) is 22.7 Å². The second-order valence-corrected chi connectivity index (χ2v) is 4.14. The summed E-state index contributed by atoms with van der Waals surface area (Å²) in [5.74, 6) is -0.173. The summed E-state index contributed by atoms with van der Waals surface area (Å²) in [6.07, 6.45) is 0.896. The molecule has 88 valence electrons. The predicted molar refractivity (Wildman–Crippen MR) is 60.9 cm³/mol. The van der Waals surface area contributed by atoms with Crippen molar-refractivity contribution in [1.82, 2.24) is 4.98 Å². The van der Waals surface area contributed by atoms with Crippen molar-refractivity contribution < 1.29 is 14.6 Å². The van der Waals surface area contributed by atoms with E-state index in [2.05, 4.69) is 18.8 Å². The van der Waals surface area contributed by atoms with E-state index in [4.69, 9.17) is 9.84 Å². The van der Waals surface area contributed by atoms with Crippen molar-refractivity contribution >= 4 is 5.97 Å². The van der Waals surface area contributed by atoms with Gasteiger partial charge in [-0.15, -0.1) is 0 Å². The van der Waals surface area contributed by atoms with Gasteiger partial charge in [-0.05, 0) is 31.4 Å². The highest BCUT2D eigenvalue weighted by Crippen LogP contribution is 2.17. The molecule has 0 aromatic carbocycles. The number of hydrogen-bond donors (Lipinski definition) is 1. The van der Waals surface area contributed by atoms with Crippen molar-refractivity contribution in [1.29, 1.82) is 0 Å². The molecule has 0 bridgehead atoms. The van der Waals surface area contributed by atoms with E-state index >= 15 is 0 Å². The van der Waals surface area contributed by atoms with E-state index in [1.807, 2.05) is 0 Å². The third kappa shape index (κ3) is 3.53. The Balaban J connectivity index is 2.75. The largest absolute Gasteiger partial charge is 0.491 e. The summed E-state index contributed by atoms with van der Waals surface area (Å²) in [5.41, 5.74) is 0.664. The molecule has 1 aromatic rings. The van der Waals surface area contributed by atoms with Crippen molar-refractivity contribution in [3.63, 3.8) is 0 Å². The first-order valence-corrected chi connectivity index (χ1v) is 5.34. The quantitative estimate of drug-likeness (QED) is 0.833. The Morgan fingerprint density at radius 2 is 2.19 bits per heavy atom. The Morgan fingerprint density at radius 1 is 1.50 bits per heavy atom. The first-order chi connectivity index (χ1) is 7.50. The summed E-state index contributed by atoms with van der Waals surface area (Å²) in [5, 5.41) is 8.96. The number of ether oxygens (including phenoxy) is 1. The molecular formula is C12H17NO3. The number of nitrogens with zero attached hydrogens (tertiary/aromatic N) is 1.